The molecule has 0 amide bonds. The van der Waals surface area contributed by atoms with E-state index in [4.69, 9.17) is 0 Å². The van der Waals surface area contributed by atoms with Crippen molar-refractivity contribution in [2.24, 2.45) is 5.92 Å². The molecule has 0 radical (unpaired) electrons. The maximum atomic E-state index is 3.27. The average Bonchev–Trinajstić information content (AvgIpc) is 3.37. The first-order chi connectivity index (χ1) is 34.8. The third kappa shape index (κ3) is 15.4. The molecule has 0 spiro atoms. The Balaban J connectivity index is 2.33. The lowest BCUT2D eigenvalue weighted by Crippen LogP contribution is -2.50. The Bertz CT molecular complexity index is 1790. The van der Waals surface area contributed by atoms with Crippen LogP contribution in [0.15, 0.2) is 97.1 Å². The van der Waals surface area contributed by atoms with Crippen molar-refractivity contribution in [1.82, 2.24) is 4.44 Å². The smallest absolute Gasteiger partial charge is 0.0867 e. The molecule has 1 atom stereocenters. The van der Waals surface area contributed by atoms with Crippen molar-refractivity contribution in [2.75, 3.05) is 0 Å². The molecule has 0 fully saturated rings. The molecule has 4 aromatic carbocycles. The summed E-state index contributed by atoms with van der Waals surface area (Å²) in [6.07, 6.45) is 15.5. The highest BCUT2D eigenvalue weighted by Gasteiger charge is 2.42. The fourth-order valence-corrected chi connectivity index (χ4v) is 43.1. The molecular weight excluding hydrogens is 969 g/mol. The lowest BCUT2D eigenvalue weighted by atomic mass is 10.1. The Morgan fingerprint density at radius 2 is 0.486 bits per heavy atom. The van der Waals surface area contributed by atoms with Gasteiger partial charge in [-0.05, 0) is 34.1 Å². The summed E-state index contributed by atoms with van der Waals surface area (Å²) in [6, 6.07) is 59.8. The molecule has 1 unspecified atom stereocenters. The second-order valence-electron chi connectivity index (χ2n) is 23.3. The predicted octanol–water partition coefficient (Wildman–Crippen LogP) is 18.0. The van der Waals surface area contributed by atoms with E-state index >= 15 is 0 Å². The maximum absolute atomic E-state index is 3.27. The van der Waals surface area contributed by atoms with Crippen LogP contribution >= 0.6 is 16.1 Å². The van der Waals surface area contributed by atoms with Gasteiger partial charge in [0.05, 0.1) is 32.3 Å². The van der Waals surface area contributed by atoms with Crippen molar-refractivity contribution >= 4 is 90.4 Å². The Hall–Kier alpha value is -1.43. The topological polar surface area (TPSA) is 3.24 Å². The molecule has 0 saturated heterocycles. The largest absolute Gasteiger partial charge is 0.242 e. The maximum Gasteiger partial charge on any atom is 0.0867 e. The van der Waals surface area contributed by atoms with E-state index in [9.17, 15) is 0 Å². The lowest BCUT2D eigenvalue weighted by molar-refractivity contribution is 0.407. The second kappa shape index (κ2) is 31.7. The average molecular weight is 1080 g/mol. The van der Waals surface area contributed by atoms with Gasteiger partial charge in [0.15, 0.2) is 0 Å². The number of rotatable bonds is 36. The highest BCUT2D eigenvalue weighted by atomic mass is 31.2. The molecule has 0 N–H and O–H groups in total. The van der Waals surface area contributed by atoms with Crippen LogP contribution in [-0.2, 0) is 0 Å². The van der Waals surface area contributed by atoms with Gasteiger partial charge in [0.1, 0.15) is 0 Å². The van der Waals surface area contributed by atoms with E-state index in [0.29, 0.717) is 12.0 Å². The van der Waals surface area contributed by atoms with Crippen molar-refractivity contribution in [3.63, 3.8) is 0 Å². The van der Waals surface area contributed by atoms with Crippen LogP contribution in [0, 0.1) is 5.92 Å². The van der Waals surface area contributed by atoms with Crippen LogP contribution in [-0.4, -0.2) is 42.8 Å². The third-order valence-corrected chi connectivity index (χ3v) is 46.6. The fraction of sp³-hybridized carbons (Fsp3) is 0.631. The molecule has 1 nitrogen and oxygen atoms in total. The molecule has 0 saturated carbocycles. The molecule has 7 heteroatoms. The van der Waals surface area contributed by atoms with Gasteiger partial charge in [0, 0.05) is 22.2 Å². The fourth-order valence-electron chi connectivity index (χ4n) is 14.3. The number of benzene rings is 4. The second-order valence-corrected chi connectivity index (χ2v) is 46.3. The summed E-state index contributed by atoms with van der Waals surface area (Å²) in [6.45, 7) is 37.3. The van der Waals surface area contributed by atoms with Crippen LogP contribution in [0.25, 0.3) is 0 Å². The highest BCUT2D eigenvalue weighted by molar-refractivity contribution is 7.84. The van der Waals surface area contributed by atoms with Gasteiger partial charge in [-0.1, -0.05) is 364 Å². The van der Waals surface area contributed by atoms with Gasteiger partial charge in [-0.3, -0.25) is 0 Å². The summed E-state index contributed by atoms with van der Waals surface area (Å²) in [5.41, 5.74) is 0. The van der Waals surface area contributed by atoms with Gasteiger partial charge in [0.2, 0.25) is 0 Å². The molecule has 0 aliphatic rings. The van der Waals surface area contributed by atoms with E-state index in [-0.39, 0.29) is 0 Å². The molecule has 0 aliphatic carbocycles. The van der Waals surface area contributed by atoms with Gasteiger partial charge < -0.3 is 0 Å². The first kappa shape index (κ1) is 63.1. The van der Waals surface area contributed by atoms with Crippen LogP contribution in [0.4, 0.5) is 0 Å². The van der Waals surface area contributed by atoms with Crippen molar-refractivity contribution in [1.29, 1.82) is 0 Å². The highest BCUT2D eigenvalue weighted by Crippen LogP contribution is 2.57. The van der Waals surface area contributed by atoms with Gasteiger partial charge in [-0.25, -0.2) is 4.44 Å². The van der Waals surface area contributed by atoms with Crippen LogP contribution < -0.4 is 42.0 Å². The van der Waals surface area contributed by atoms with E-state index in [0.717, 1.165) is 0 Å². The summed E-state index contributed by atoms with van der Waals surface area (Å²) in [5, 5.41) is 13.4. The number of hydrogen-bond acceptors (Lipinski definition) is 1. The predicted molar refractivity (Wildman–Crippen MR) is 347 cm³/mol. The van der Waals surface area contributed by atoms with Crippen LogP contribution in [0.1, 0.15) is 181 Å². The molecule has 0 bridgehead atoms. The van der Waals surface area contributed by atoms with E-state index in [2.05, 4.69) is 205 Å². The van der Waals surface area contributed by atoms with E-state index in [1.54, 1.807) is 42.0 Å². The number of hydrogen-bond donors (Lipinski definition) is 0. The van der Waals surface area contributed by atoms with Gasteiger partial charge in [-0.2, -0.15) is 0 Å². The monoisotopic (exact) mass is 1080 g/mol. The summed E-state index contributed by atoms with van der Waals surface area (Å²) in [4.78, 5) is 0. The molecule has 72 heavy (non-hydrogen) atoms. The van der Waals surface area contributed by atoms with E-state index in [1.807, 2.05) is 0 Å². The zero-order chi connectivity index (χ0) is 52.8. The molecule has 0 aromatic heterocycles. The molecular formula is C65H111NP2Si4. The molecule has 4 rings (SSSR count). The van der Waals surface area contributed by atoms with Gasteiger partial charge in [-0.15, -0.1) is 0 Å². The summed E-state index contributed by atoms with van der Waals surface area (Å²) >= 11 is 0. The Kier molecular flexibility index (Phi) is 27.8. The molecule has 402 valence electrons. The quantitative estimate of drug-likeness (QED) is 0.0324. The minimum atomic E-state index is -1.75. The van der Waals surface area contributed by atoms with E-state index < -0.39 is 48.4 Å². The third-order valence-electron chi connectivity index (χ3n) is 17.3. The van der Waals surface area contributed by atoms with Crippen molar-refractivity contribution in [3.8, 4) is 0 Å². The molecule has 4 aromatic rings. The standard InChI is InChI=1S/C65H111NP2Si4/c1-16-40-69(41-17-2,42-18-3)62-36-28-32-58(52-62)67(59-33-29-37-63(53-59)70(43-19-4,44-20-5)45-21-6)66(57(15)56(13)14)68(60-34-30-38-64(54-60)71(46-22-7,47-23-8)48-24-9)61-35-31-39-65(55-61)72(49-25-10,50-26-11)51-27-12/h28-39,52-57H,16-27,40-51H2,1-15H3. The molecule has 0 aliphatic heterocycles. The Labute approximate surface area is 454 Å². The summed E-state index contributed by atoms with van der Waals surface area (Å²) < 4.78 is 3.27. The van der Waals surface area contributed by atoms with Crippen molar-refractivity contribution in [3.05, 3.63) is 97.1 Å². The Morgan fingerprint density at radius 3 is 0.639 bits per heavy atom. The normalized spacial score (nSPS) is 13.3. The van der Waals surface area contributed by atoms with Crippen LogP contribution in [0.2, 0.25) is 72.5 Å². The summed E-state index contributed by atoms with van der Waals surface area (Å²) in [5.74, 6) is 0.489. The first-order valence-corrected chi connectivity index (χ1v) is 43.7. The summed E-state index contributed by atoms with van der Waals surface area (Å²) in [7, 11) is -8.90. The van der Waals surface area contributed by atoms with E-state index in [1.165, 1.54) is 150 Å². The Morgan fingerprint density at radius 1 is 0.306 bits per heavy atom. The minimum Gasteiger partial charge on any atom is -0.242 e. The van der Waals surface area contributed by atoms with Crippen LogP contribution in [0.3, 0.4) is 0 Å². The minimum absolute atomic E-state index is 0.363. The zero-order valence-corrected chi connectivity index (χ0v) is 55.5. The van der Waals surface area contributed by atoms with Gasteiger partial charge in [0.25, 0.3) is 0 Å². The number of nitrogens with zero attached hydrogens (tertiary/aromatic N) is 1. The SMILES string of the molecule is CCC[Si](CCC)(CCC)c1cccc(P(c2cccc([Si](CCC)(CCC)CCC)c2)N(C(C)C(C)C)P(c2cccc([Si](CCC)(CCC)CCC)c2)c2cccc([Si](CCC)(CCC)CCC)c2)c1. The molecule has 0 heterocycles. The zero-order valence-electron chi connectivity index (χ0n) is 49.7. The first-order valence-electron chi connectivity index (χ1n) is 30.6. The lowest BCUT2D eigenvalue weighted by Gasteiger charge is -2.45. The van der Waals surface area contributed by atoms with Crippen LogP contribution in [0.5, 0.6) is 0 Å². The van der Waals surface area contributed by atoms with Crippen molar-refractivity contribution in [2.45, 2.75) is 259 Å². The van der Waals surface area contributed by atoms with Gasteiger partial charge >= 0.3 is 0 Å². The van der Waals surface area contributed by atoms with Crippen molar-refractivity contribution < 1.29 is 0 Å².